The maximum Gasteiger partial charge on any atom is 0.302 e. The maximum absolute atomic E-state index is 11.3. The van der Waals surface area contributed by atoms with E-state index in [1.807, 2.05) is 0 Å². The molecule has 4 nitrogen and oxygen atoms in total. The minimum absolute atomic E-state index is 0.0172. The van der Waals surface area contributed by atoms with Gasteiger partial charge in [-0.3, -0.25) is 4.79 Å². The molecule has 2 aliphatic rings. The number of ether oxygens (including phenoxy) is 3. The van der Waals surface area contributed by atoms with E-state index in [1.54, 1.807) is 0 Å². The molecule has 0 amide bonds. The molecule has 3 atom stereocenters. The molecular weight excluding hydrogens is 340 g/mol. The monoisotopic (exact) mass is 372 g/mol. The molecule has 0 radical (unpaired) electrons. The Morgan fingerprint density at radius 2 is 2.11 bits per heavy atom. The Kier molecular flexibility index (Phi) is 7.33. The Balaban J connectivity index is 1.62. The number of carbonyl (C=O) groups is 1. The first-order valence-corrected chi connectivity index (χ1v) is 10.3. The number of hydrogen-bond acceptors (Lipinski definition) is 4. The quantitative estimate of drug-likeness (QED) is 0.494. The molecule has 1 aliphatic carbocycles. The van der Waals surface area contributed by atoms with Crippen LogP contribution in [0.2, 0.25) is 0 Å². The van der Waals surface area contributed by atoms with Gasteiger partial charge in [0.2, 0.25) is 0 Å². The second kappa shape index (κ2) is 9.93. The second-order valence-corrected chi connectivity index (χ2v) is 7.79. The summed E-state index contributed by atoms with van der Waals surface area (Å²) in [7, 11) is 0. The Bertz CT molecular complexity index is 646. The van der Waals surface area contributed by atoms with E-state index in [0.29, 0.717) is 5.92 Å². The summed E-state index contributed by atoms with van der Waals surface area (Å²) >= 11 is 0. The zero-order chi connectivity index (χ0) is 19.1. The van der Waals surface area contributed by atoms with E-state index < -0.39 is 0 Å². The van der Waals surface area contributed by atoms with Gasteiger partial charge in [0, 0.05) is 19.3 Å². The lowest BCUT2D eigenvalue weighted by molar-refractivity contribution is -0.148. The van der Waals surface area contributed by atoms with Crippen molar-refractivity contribution >= 4 is 5.97 Å². The standard InChI is InChI=1S/C23H32O4/c1-17-7-5-8-19(15-17)9-6-10-22(27-23-11-3-4-14-25-23)20-12-13-21(16-20)26-18(2)24/h5,7-8,10,15,20-21,23H,3-4,6,9,11-14,16H2,1-2H3/t20-,21-,23?/m1/s1. The highest BCUT2D eigenvalue weighted by molar-refractivity contribution is 5.66. The van der Waals surface area contributed by atoms with Gasteiger partial charge < -0.3 is 14.2 Å². The lowest BCUT2D eigenvalue weighted by Gasteiger charge is -2.27. The zero-order valence-corrected chi connectivity index (χ0v) is 16.6. The zero-order valence-electron chi connectivity index (χ0n) is 16.6. The van der Waals surface area contributed by atoms with E-state index in [2.05, 4.69) is 37.3 Å². The van der Waals surface area contributed by atoms with Crippen molar-refractivity contribution in [1.82, 2.24) is 0 Å². The van der Waals surface area contributed by atoms with E-state index in [1.165, 1.54) is 18.1 Å². The van der Waals surface area contributed by atoms with Crippen LogP contribution < -0.4 is 0 Å². The molecule has 1 saturated carbocycles. The summed E-state index contributed by atoms with van der Waals surface area (Å²) in [5.41, 5.74) is 2.65. The number of allylic oxidation sites excluding steroid dienone is 2. The van der Waals surface area contributed by atoms with Crippen LogP contribution in [0.5, 0.6) is 0 Å². The molecule has 1 aromatic rings. The third-order valence-electron chi connectivity index (χ3n) is 5.39. The van der Waals surface area contributed by atoms with Crippen LogP contribution >= 0.6 is 0 Å². The van der Waals surface area contributed by atoms with Crippen LogP contribution in [0.4, 0.5) is 0 Å². The van der Waals surface area contributed by atoms with Crippen molar-refractivity contribution in [2.24, 2.45) is 5.92 Å². The average molecular weight is 373 g/mol. The van der Waals surface area contributed by atoms with Gasteiger partial charge in [0.25, 0.3) is 0 Å². The molecule has 4 heteroatoms. The highest BCUT2D eigenvalue weighted by Gasteiger charge is 2.31. The molecule has 0 spiro atoms. The predicted octanol–water partition coefficient (Wildman–Crippen LogP) is 5.09. The molecule has 1 aliphatic heterocycles. The largest absolute Gasteiger partial charge is 0.469 e. The third-order valence-corrected chi connectivity index (χ3v) is 5.39. The fraction of sp³-hybridized carbons (Fsp3) is 0.609. The molecule has 3 rings (SSSR count). The molecular formula is C23H32O4. The Labute approximate surface area is 162 Å². The van der Waals surface area contributed by atoms with Crippen molar-refractivity contribution in [3.05, 3.63) is 47.2 Å². The van der Waals surface area contributed by atoms with Gasteiger partial charge in [-0.1, -0.05) is 29.8 Å². The number of rotatable bonds is 7. The average Bonchev–Trinajstić information content (AvgIpc) is 3.09. The Hall–Kier alpha value is -1.81. The SMILES string of the molecule is CC(=O)O[C@@H]1CC[C@@H](C(=CCCc2cccc(C)c2)OC2CCCCO2)C1. The first-order valence-electron chi connectivity index (χ1n) is 10.3. The molecule has 1 saturated heterocycles. The van der Waals surface area contributed by atoms with Gasteiger partial charge in [0.15, 0.2) is 6.29 Å². The van der Waals surface area contributed by atoms with Gasteiger partial charge in [-0.25, -0.2) is 0 Å². The third kappa shape index (κ3) is 6.39. The Morgan fingerprint density at radius 1 is 1.22 bits per heavy atom. The molecule has 0 aromatic heterocycles. The maximum atomic E-state index is 11.3. The van der Waals surface area contributed by atoms with Crippen LogP contribution in [0.15, 0.2) is 36.1 Å². The number of esters is 1. The summed E-state index contributed by atoms with van der Waals surface area (Å²) in [6.45, 7) is 4.39. The van der Waals surface area contributed by atoms with Gasteiger partial charge >= 0.3 is 5.97 Å². The minimum Gasteiger partial charge on any atom is -0.469 e. The van der Waals surface area contributed by atoms with Crippen molar-refractivity contribution in [1.29, 1.82) is 0 Å². The van der Waals surface area contributed by atoms with E-state index >= 15 is 0 Å². The van der Waals surface area contributed by atoms with Crippen LogP contribution in [-0.4, -0.2) is 25.0 Å². The highest BCUT2D eigenvalue weighted by Crippen LogP contribution is 2.35. The van der Waals surface area contributed by atoms with Crippen molar-refractivity contribution < 1.29 is 19.0 Å². The van der Waals surface area contributed by atoms with Gasteiger partial charge in [-0.05, 0) is 63.5 Å². The molecule has 1 aromatic carbocycles. The first kappa shape index (κ1) is 19.9. The fourth-order valence-electron chi connectivity index (χ4n) is 4.06. The van der Waals surface area contributed by atoms with Gasteiger partial charge in [0.1, 0.15) is 6.10 Å². The Morgan fingerprint density at radius 3 is 2.85 bits per heavy atom. The summed E-state index contributed by atoms with van der Waals surface area (Å²) in [5, 5.41) is 0. The molecule has 0 bridgehead atoms. The number of aryl methyl sites for hydroxylation is 2. The summed E-state index contributed by atoms with van der Waals surface area (Å²) in [5.74, 6) is 1.16. The molecule has 27 heavy (non-hydrogen) atoms. The van der Waals surface area contributed by atoms with Crippen LogP contribution in [0.3, 0.4) is 0 Å². The lowest BCUT2D eigenvalue weighted by atomic mass is 10.0. The van der Waals surface area contributed by atoms with Crippen LogP contribution in [0.1, 0.15) is 63.0 Å². The van der Waals surface area contributed by atoms with Crippen molar-refractivity contribution in [2.45, 2.75) is 77.6 Å². The highest BCUT2D eigenvalue weighted by atomic mass is 16.7. The van der Waals surface area contributed by atoms with Crippen molar-refractivity contribution in [3.8, 4) is 0 Å². The smallest absolute Gasteiger partial charge is 0.302 e. The summed E-state index contributed by atoms with van der Waals surface area (Å²) < 4.78 is 17.5. The predicted molar refractivity (Wildman–Crippen MR) is 105 cm³/mol. The molecule has 148 valence electrons. The first-order chi connectivity index (χ1) is 13.1. The normalized spacial score (nSPS) is 26.0. The van der Waals surface area contributed by atoms with Gasteiger partial charge in [-0.2, -0.15) is 0 Å². The summed E-state index contributed by atoms with van der Waals surface area (Å²) in [6, 6.07) is 8.66. The minimum atomic E-state index is -0.192. The lowest BCUT2D eigenvalue weighted by Crippen LogP contribution is -2.24. The second-order valence-electron chi connectivity index (χ2n) is 7.79. The summed E-state index contributed by atoms with van der Waals surface area (Å²) in [6.07, 6.45) is 10.1. The van der Waals surface area contributed by atoms with E-state index in [9.17, 15) is 4.79 Å². The van der Waals surface area contributed by atoms with Crippen LogP contribution in [0, 0.1) is 12.8 Å². The van der Waals surface area contributed by atoms with Crippen molar-refractivity contribution in [3.63, 3.8) is 0 Å². The van der Waals surface area contributed by atoms with E-state index in [0.717, 1.165) is 63.7 Å². The number of hydrogen-bond donors (Lipinski definition) is 0. The van der Waals surface area contributed by atoms with Crippen LogP contribution in [0.25, 0.3) is 0 Å². The molecule has 1 heterocycles. The van der Waals surface area contributed by atoms with Gasteiger partial charge in [0.05, 0.1) is 12.4 Å². The fourth-order valence-corrected chi connectivity index (χ4v) is 4.06. The molecule has 0 N–H and O–H groups in total. The van der Waals surface area contributed by atoms with E-state index in [4.69, 9.17) is 14.2 Å². The van der Waals surface area contributed by atoms with Crippen LogP contribution in [-0.2, 0) is 25.4 Å². The number of carbonyl (C=O) groups excluding carboxylic acids is 1. The summed E-state index contributed by atoms with van der Waals surface area (Å²) in [4.78, 5) is 11.3. The van der Waals surface area contributed by atoms with E-state index in [-0.39, 0.29) is 18.4 Å². The van der Waals surface area contributed by atoms with Crippen molar-refractivity contribution in [2.75, 3.05) is 6.61 Å². The topological polar surface area (TPSA) is 44.8 Å². The van der Waals surface area contributed by atoms with Gasteiger partial charge in [-0.15, -0.1) is 0 Å². The number of benzene rings is 1. The molecule has 2 fully saturated rings. The molecule has 1 unspecified atom stereocenters.